The fourth-order valence-corrected chi connectivity index (χ4v) is 16.1. The quantitative estimate of drug-likeness (QED) is 0.0614. The highest BCUT2D eigenvalue weighted by atomic mass is 16.8. The molecule has 434 valence electrons. The molecular formula is C53H90O22. The van der Waals surface area contributed by atoms with E-state index in [0.717, 1.165) is 24.8 Å². The fourth-order valence-electron chi connectivity index (χ4n) is 16.1. The van der Waals surface area contributed by atoms with Gasteiger partial charge < -0.3 is 109 Å². The van der Waals surface area contributed by atoms with E-state index >= 15 is 0 Å². The van der Waals surface area contributed by atoms with Gasteiger partial charge in [0.2, 0.25) is 0 Å². The van der Waals surface area contributed by atoms with Gasteiger partial charge in [-0.3, -0.25) is 0 Å². The molecule has 22 nitrogen and oxygen atoms in total. The van der Waals surface area contributed by atoms with Gasteiger partial charge in [-0.1, -0.05) is 46.3 Å². The summed E-state index contributed by atoms with van der Waals surface area (Å²) in [5, 5.41) is 151. The summed E-state index contributed by atoms with van der Waals surface area (Å²) in [4.78, 5) is 0. The Balaban J connectivity index is 1.01. The molecule has 22 heteroatoms. The molecule has 8 rings (SSSR count). The van der Waals surface area contributed by atoms with Crippen LogP contribution >= 0.6 is 0 Å². The number of aliphatic hydroxyl groups is 14. The molecular weight excluding hydrogens is 989 g/mol. The molecule has 0 aromatic rings. The largest absolute Gasteiger partial charge is 0.394 e. The highest BCUT2D eigenvalue weighted by molar-refractivity contribution is 5.20. The van der Waals surface area contributed by atoms with Gasteiger partial charge in [-0.25, -0.2) is 0 Å². The summed E-state index contributed by atoms with van der Waals surface area (Å²) in [5.41, 5.74) is -1.47. The molecule has 4 aliphatic heterocycles. The summed E-state index contributed by atoms with van der Waals surface area (Å²) in [6.45, 7) is 14.9. The van der Waals surface area contributed by atoms with Crippen LogP contribution in [-0.2, 0) is 37.9 Å². The van der Waals surface area contributed by atoms with Crippen molar-refractivity contribution in [2.45, 2.75) is 248 Å². The first kappa shape index (κ1) is 60.0. The molecule has 14 N–H and O–H groups in total. The molecule has 0 radical (unpaired) electrons. The van der Waals surface area contributed by atoms with Crippen molar-refractivity contribution >= 4 is 0 Å². The maximum Gasteiger partial charge on any atom is 0.187 e. The third kappa shape index (κ3) is 10.5. The molecule has 8 aliphatic rings. The summed E-state index contributed by atoms with van der Waals surface area (Å²) < 4.78 is 48.9. The van der Waals surface area contributed by atoms with E-state index in [1.165, 1.54) is 0 Å². The minimum atomic E-state index is -1.81. The van der Waals surface area contributed by atoms with Crippen LogP contribution in [0.3, 0.4) is 0 Å². The Bertz CT molecular complexity index is 1940. The number of hydrogen-bond acceptors (Lipinski definition) is 22. The van der Waals surface area contributed by atoms with Gasteiger partial charge in [-0.2, -0.15) is 0 Å². The number of hydrogen-bond donors (Lipinski definition) is 14. The molecule has 0 aromatic carbocycles. The third-order valence-electron chi connectivity index (χ3n) is 20.5. The van der Waals surface area contributed by atoms with E-state index in [0.29, 0.717) is 38.5 Å². The lowest BCUT2D eigenvalue weighted by Crippen LogP contribution is -2.68. The average Bonchev–Trinajstić information content (AvgIpc) is 3.89. The van der Waals surface area contributed by atoms with E-state index < -0.39 is 172 Å². The second-order valence-corrected chi connectivity index (χ2v) is 25.3. The Hall–Kier alpha value is -1.14. The zero-order valence-electron chi connectivity index (χ0n) is 44.7. The number of aliphatic hydroxyl groups excluding tert-OH is 14. The van der Waals surface area contributed by atoms with Gasteiger partial charge in [-0.05, 0) is 124 Å². The van der Waals surface area contributed by atoms with Crippen LogP contribution in [0.25, 0.3) is 0 Å². The van der Waals surface area contributed by atoms with Crippen LogP contribution in [-0.4, -0.2) is 232 Å². The van der Waals surface area contributed by atoms with E-state index in [1.807, 2.05) is 20.8 Å². The minimum Gasteiger partial charge on any atom is -0.394 e. The van der Waals surface area contributed by atoms with Crippen molar-refractivity contribution in [1.82, 2.24) is 0 Å². The lowest BCUT2D eigenvalue weighted by molar-refractivity contribution is -0.378. The van der Waals surface area contributed by atoms with Crippen molar-refractivity contribution in [1.29, 1.82) is 0 Å². The van der Waals surface area contributed by atoms with Crippen molar-refractivity contribution in [2.75, 3.05) is 26.4 Å². The van der Waals surface area contributed by atoms with Gasteiger partial charge in [0.15, 0.2) is 25.2 Å². The normalized spacial score (nSPS) is 52.6. The molecule has 4 aliphatic carbocycles. The molecule has 4 heterocycles. The van der Waals surface area contributed by atoms with Gasteiger partial charge in [-0.15, -0.1) is 0 Å². The number of allylic oxidation sites excluding steroid dienone is 2. The predicted molar refractivity (Wildman–Crippen MR) is 260 cm³/mol. The van der Waals surface area contributed by atoms with Crippen molar-refractivity contribution in [2.24, 2.45) is 45.3 Å². The van der Waals surface area contributed by atoms with E-state index in [1.54, 1.807) is 0 Å². The fraction of sp³-hybridized carbons (Fsp3) is 0.962. The van der Waals surface area contributed by atoms with Crippen LogP contribution in [0, 0.1) is 45.3 Å². The van der Waals surface area contributed by atoms with Crippen molar-refractivity contribution in [3.8, 4) is 0 Å². The Kier molecular flexibility index (Phi) is 18.1. The molecule has 75 heavy (non-hydrogen) atoms. The van der Waals surface area contributed by atoms with Gasteiger partial charge in [0.05, 0.1) is 44.2 Å². The summed E-state index contributed by atoms with van der Waals surface area (Å²) in [5.74, 6) is -0.394. The summed E-state index contributed by atoms with van der Waals surface area (Å²) >= 11 is 0. The van der Waals surface area contributed by atoms with Gasteiger partial charge >= 0.3 is 0 Å². The minimum absolute atomic E-state index is 0.0508. The zero-order valence-corrected chi connectivity index (χ0v) is 44.7. The molecule has 0 spiro atoms. The predicted octanol–water partition coefficient (Wildman–Crippen LogP) is -1.56. The first-order valence-corrected chi connectivity index (χ1v) is 27.3. The first-order chi connectivity index (χ1) is 35.1. The lowest BCUT2D eigenvalue weighted by Gasteiger charge is -2.71. The van der Waals surface area contributed by atoms with Crippen LogP contribution in [0.15, 0.2) is 11.6 Å². The van der Waals surface area contributed by atoms with Crippen LogP contribution in [0.5, 0.6) is 0 Å². The molecule has 3 unspecified atom stereocenters. The second-order valence-electron chi connectivity index (χ2n) is 25.3. The molecule has 4 saturated carbocycles. The van der Waals surface area contributed by atoms with Gasteiger partial charge in [0, 0.05) is 0 Å². The van der Waals surface area contributed by atoms with E-state index in [2.05, 4.69) is 40.7 Å². The molecule has 8 fully saturated rings. The number of ether oxygens (including phenoxy) is 8. The molecule has 0 aromatic heterocycles. The van der Waals surface area contributed by atoms with Crippen LogP contribution in [0.1, 0.15) is 113 Å². The number of fused-ring (bicyclic) bond motifs is 5. The Morgan fingerprint density at radius 1 is 0.560 bits per heavy atom. The highest BCUT2D eigenvalue weighted by Crippen LogP contribution is 2.76. The average molecular weight is 1080 g/mol. The maximum absolute atomic E-state index is 12.8. The molecule has 0 bridgehead atoms. The Labute approximate surface area is 439 Å². The topological polar surface area (TPSA) is 357 Å². The Morgan fingerprint density at radius 2 is 1.08 bits per heavy atom. The van der Waals surface area contributed by atoms with E-state index in [9.17, 15) is 71.5 Å². The third-order valence-corrected chi connectivity index (χ3v) is 20.5. The van der Waals surface area contributed by atoms with Gasteiger partial charge in [0.25, 0.3) is 0 Å². The standard InChI is InChI=1S/C53H90O22/c1-23(2)10-9-14-53(8,75-47-43(67)39(63)37(61)29(72-47)22-68-45-41(65)36(60)28(21-56)69-45)24-11-16-52(7)33(24)25(57)18-31-50(5)15-13-32(49(3,4)30(50)12-17-51(31,52)6)73-48-44(40(64)35(59)27(20-55)71-48)74-46-42(66)38(62)34(58)26(19-54)70-46/h10,24-48,54-67H,9,11-22H2,1-8H3/t24-,25?,26+,27+,28+,29+,30-,31?,32-,33?,34+,35+,36+,37+,38-,39-,40-,41-,42+,43+,44+,45-,46-,47-,48-,50-,51+,52+,53+/m0/s1. The van der Waals surface area contributed by atoms with E-state index in [4.69, 9.17) is 37.9 Å². The molecule has 4 saturated heterocycles. The monoisotopic (exact) mass is 1080 g/mol. The number of rotatable bonds is 16. The Morgan fingerprint density at radius 3 is 1.69 bits per heavy atom. The van der Waals surface area contributed by atoms with Crippen molar-refractivity contribution < 1.29 is 109 Å². The summed E-state index contributed by atoms with van der Waals surface area (Å²) in [7, 11) is 0. The van der Waals surface area contributed by atoms with Gasteiger partial charge in [0.1, 0.15) is 91.6 Å². The molecule has 0 amide bonds. The first-order valence-electron chi connectivity index (χ1n) is 27.3. The smallest absolute Gasteiger partial charge is 0.187 e. The van der Waals surface area contributed by atoms with Crippen molar-refractivity contribution in [3.05, 3.63) is 11.6 Å². The maximum atomic E-state index is 12.8. The zero-order chi connectivity index (χ0) is 55.1. The summed E-state index contributed by atoms with van der Waals surface area (Å²) in [6.07, 6.45) is -22.1. The highest BCUT2D eigenvalue weighted by Gasteiger charge is 2.72. The summed E-state index contributed by atoms with van der Waals surface area (Å²) in [6, 6.07) is 0. The van der Waals surface area contributed by atoms with Crippen molar-refractivity contribution in [3.63, 3.8) is 0 Å². The van der Waals surface area contributed by atoms with Crippen LogP contribution in [0.4, 0.5) is 0 Å². The SMILES string of the molecule is CC(C)=CCC[C@@](C)(O[C@@H]1O[C@H](CO[C@H]2O[C@H](CO)[C@@H](O)[C@@H]2O)[C@@H](O)[C@H](O)[C@H]1O)[C@H]1CC[C@]2(C)C1C(O)CC1[C@@]3(C)CC[C@H](O[C@@H]4O[C@H](CO)[C@@H](O)[C@H](O)[C@H]4O[C@@H]4O[C@H](CO)[C@@H](O)[C@H](O)[C@H]4O)C(C)(C)[C@@H]3CC[C@]12C. The lowest BCUT2D eigenvalue weighted by atomic mass is 9.35. The van der Waals surface area contributed by atoms with E-state index in [-0.39, 0.29) is 34.5 Å². The van der Waals surface area contributed by atoms with Crippen LogP contribution in [0.2, 0.25) is 0 Å². The van der Waals surface area contributed by atoms with Crippen LogP contribution < -0.4 is 0 Å². The second kappa shape index (κ2) is 22.7. The molecule has 29 atom stereocenters.